The van der Waals surface area contributed by atoms with Gasteiger partial charge in [0.05, 0.1) is 6.10 Å². The average molecular weight is 179 g/mol. The Balaban J connectivity index is 2.62. The van der Waals surface area contributed by atoms with Gasteiger partial charge in [0, 0.05) is 16.5 Å². The first-order valence-electron chi connectivity index (χ1n) is 3.80. The molecule has 1 atom stereocenters. The Morgan fingerprint density at radius 3 is 3.08 bits per heavy atom. The normalized spacial score (nSPS) is 13.5. The molecule has 2 aromatic rings. The first kappa shape index (κ1) is 7.71. The molecule has 2 heterocycles. The highest BCUT2D eigenvalue weighted by atomic mass is 32.1. The molecule has 0 aliphatic heterocycles. The zero-order chi connectivity index (χ0) is 8.55. The van der Waals surface area contributed by atoms with E-state index >= 15 is 0 Å². The van der Waals surface area contributed by atoms with Crippen LogP contribution in [0.15, 0.2) is 24.4 Å². The van der Waals surface area contributed by atoms with Crippen molar-refractivity contribution in [2.45, 2.75) is 13.0 Å². The fourth-order valence-corrected chi connectivity index (χ4v) is 2.04. The molecule has 12 heavy (non-hydrogen) atoms. The van der Waals surface area contributed by atoms with Gasteiger partial charge in [-0.25, -0.2) is 4.98 Å². The number of aliphatic hydroxyl groups is 1. The Morgan fingerprint density at radius 2 is 2.42 bits per heavy atom. The molecule has 0 aliphatic carbocycles. The molecule has 0 aliphatic rings. The number of aliphatic hydroxyl groups excluding tert-OH is 1. The van der Waals surface area contributed by atoms with Crippen LogP contribution in [0, 0.1) is 0 Å². The Hall–Kier alpha value is -0.930. The molecule has 0 spiro atoms. The second-order valence-electron chi connectivity index (χ2n) is 2.72. The van der Waals surface area contributed by atoms with E-state index in [2.05, 4.69) is 4.98 Å². The van der Waals surface area contributed by atoms with Gasteiger partial charge in [-0.15, -0.1) is 11.3 Å². The summed E-state index contributed by atoms with van der Waals surface area (Å²) in [6, 6.07) is 5.89. The minimum atomic E-state index is -0.385. The maximum Gasteiger partial charge on any atom is 0.123 e. The summed E-state index contributed by atoms with van der Waals surface area (Å²) in [7, 11) is 0. The van der Waals surface area contributed by atoms with Gasteiger partial charge in [-0.05, 0) is 19.1 Å². The lowest BCUT2D eigenvalue weighted by Gasteiger charge is -1.95. The molecule has 0 amide bonds. The van der Waals surface area contributed by atoms with Crippen molar-refractivity contribution in [3.8, 4) is 0 Å². The lowest BCUT2D eigenvalue weighted by atomic mass is 10.3. The van der Waals surface area contributed by atoms with Crippen molar-refractivity contribution in [2.75, 3.05) is 0 Å². The third-order valence-corrected chi connectivity index (χ3v) is 2.95. The van der Waals surface area contributed by atoms with E-state index < -0.39 is 0 Å². The fourth-order valence-electron chi connectivity index (χ4n) is 1.10. The quantitative estimate of drug-likeness (QED) is 0.729. The second kappa shape index (κ2) is 2.84. The SMILES string of the molecule is CC(O)c1cc2cccnc2s1. The van der Waals surface area contributed by atoms with Gasteiger partial charge < -0.3 is 5.11 Å². The molecule has 0 saturated carbocycles. The van der Waals surface area contributed by atoms with E-state index in [-0.39, 0.29) is 6.10 Å². The zero-order valence-electron chi connectivity index (χ0n) is 6.69. The number of nitrogens with zero attached hydrogens (tertiary/aromatic N) is 1. The molecule has 2 rings (SSSR count). The maximum absolute atomic E-state index is 9.31. The molecule has 0 aromatic carbocycles. The minimum absolute atomic E-state index is 0.385. The molecule has 62 valence electrons. The summed E-state index contributed by atoms with van der Waals surface area (Å²) < 4.78 is 0. The van der Waals surface area contributed by atoms with Crippen LogP contribution < -0.4 is 0 Å². The van der Waals surface area contributed by atoms with E-state index in [1.165, 1.54) is 0 Å². The van der Waals surface area contributed by atoms with Gasteiger partial charge in [-0.2, -0.15) is 0 Å². The van der Waals surface area contributed by atoms with Gasteiger partial charge in [0.1, 0.15) is 4.83 Å². The van der Waals surface area contributed by atoms with Gasteiger partial charge >= 0.3 is 0 Å². The number of rotatable bonds is 1. The van der Waals surface area contributed by atoms with Crippen molar-refractivity contribution >= 4 is 21.6 Å². The highest BCUT2D eigenvalue weighted by Crippen LogP contribution is 2.27. The molecule has 0 fully saturated rings. The first-order valence-corrected chi connectivity index (χ1v) is 4.61. The molecule has 0 saturated heterocycles. The van der Waals surface area contributed by atoms with E-state index in [0.717, 1.165) is 15.1 Å². The van der Waals surface area contributed by atoms with Crippen molar-refractivity contribution < 1.29 is 5.11 Å². The zero-order valence-corrected chi connectivity index (χ0v) is 7.51. The number of pyridine rings is 1. The summed E-state index contributed by atoms with van der Waals surface area (Å²) in [6.45, 7) is 1.77. The third kappa shape index (κ3) is 1.21. The van der Waals surface area contributed by atoms with E-state index in [0.29, 0.717) is 0 Å². The summed E-state index contributed by atoms with van der Waals surface area (Å²) >= 11 is 1.54. The molecule has 0 radical (unpaired) electrons. The summed E-state index contributed by atoms with van der Waals surface area (Å²) in [4.78, 5) is 6.16. The lowest BCUT2D eigenvalue weighted by molar-refractivity contribution is 0.203. The van der Waals surface area contributed by atoms with Gasteiger partial charge in [0.25, 0.3) is 0 Å². The van der Waals surface area contributed by atoms with Gasteiger partial charge in [-0.1, -0.05) is 6.07 Å². The second-order valence-corrected chi connectivity index (χ2v) is 3.78. The van der Waals surface area contributed by atoms with Gasteiger partial charge in [-0.3, -0.25) is 0 Å². The van der Waals surface area contributed by atoms with Crippen LogP contribution in [0.3, 0.4) is 0 Å². The van der Waals surface area contributed by atoms with Crippen molar-refractivity contribution in [3.63, 3.8) is 0 Å². The van der Waals surface area contributed by atoms with Crippen LogP contribution in [0.5, 0.6) is 0 Å². The average Bonchev–Trinajstić information content (AvgIpc) is 2.46. The summed E-state index contributed by atoms with van der Waals surface area (Å²) in [5.41, 5.74) is 0. The number of hydrogen-bond acceptors (Lipinski definition) is 3. The van der Waals surface area contributed by atoms with E-state index in [1.54, 1.807) is 24.5 Å². The molecular weight excluding hydrogens is 170 g/mol. The monoisotopic (exact) mass is 179 g/mol. The van der Waals surface area contributed by atoms with Crippen LogP contribution in [-0.4, -0.2) is 10.1 Å². The topological polar surface area (TPSA) is 33.1 Å². The number of hydrogen-bond donors (Lipinski definition) is 1. The molecule has 1 N–H and O–H groups in total. The predicted molar refractivity (Wildman–Crippen MR) is 50.3 cm³/mol. The van der Waals surface area contributed by atoms with Crippen LogP contribution in [0.1, 0.15) is 17.9 Å². The molecule has 2 nitrogen and oxygen atoms in total. The van der Waals surface area contributed by atoms with Crippen molar-refractivity contribution in [1.82, 2.24) is 4.98 Å². The molecule has 1 unspecified atom stereocenters. The summed E-state index contributed by atoms with van der Waals surface area (Å²) in [5.74, 6) is 0. The van der Waals surface area contributed by atoms with Crippen molar-refractivity contribution in [1.29, 1.82) is 0 Å². The van der Waals surface area contributed by atoms with Gasteiger partial charge in [0.15, 0.2) is 0 Å². The summed E-state index contributed by atoms with van der Waals surface area (Å²) in [6.07, 6.45) is 1.38. The van der Waals surface area contributed by atoms with Crippen LogP contribution in [0.2, 0.25) is 0 Å². The molecule has 3 heteroatoms. The largest absolute Gasteiger partial charge is 0.388 e. The van der Waals surface area contributed by atoms with E-state index in [4.69, 9.17) is 0 Å². The van der Waals surface area contributed by atoms with E-state index in [1.807, 2.05) is 18.2 Å². The Kier molecular flexibility index (Phi) is 1.83. The van der Waals surface area contributed by atoms with Crippen LogP contribution in [0.25, 0.3) is 10.2 Å². The van der Waals surface area contributed by atoms with Crippen LogP contribution >= 0.6 is 11.3 Å². The predicted octanol–water partition coefficient (Wildman–Crippen LogP) is 2.35. The molecular formula is C9H9NOS. The van der Waals surface area contributed by atoms with Gasteiger partial charge in [0.2, 0.25) is 0 Å². The maximum atomic E-state index is 9.31. The number of thiophene rings is 1. The standard InChI is InChI=1S/C9H9NOS/c1-6(11)8-5-7-3-2-4-10-9(7)12-8/h2-6,11H,1H3. The number of fused-ring (bicyclic) bond motifs is 1. The third-order valence-electron chi connectivity index (χ3n) is 1.72. The minimum Gasteiger partial charge on any atom is -0.388 e. The Labute approximate surface area is 74.5 Å². The van der Waals surface area contributed by atoms with Crippen molar-refractivity contribution in [3.05, 3.63) is 29.3 Å². The lowest BCUT2D eigenvalue weighted by Crippen LogP contribution is -1.83. The summed E-state index contributed by atoms with van der Waals surface area (Å²) in [5, 5.41) is 10.4. The Morgan fingerprint density at radius 1 is 1.58 bits per heavy atom. The smallest absolute Gasteiger partial charge is 0.123 e. The first-order chi connectivity index (χ1) is 5.77. The molecule has 0 bridgehead atoms. The molecule has 2 aromatic heterocycles. The van der Waals surface area contributed by atoms with Crippen LogP contribution in [-0.2, 0) is 0 Å². The fraction of sp³-hybridized carbons (Fsp3) is 0.222. The number of aromatic nitrogens is 1. The Bertz CT molecular complexity index is 361. The highest BCUT2D eigenvalue weighted by Gasteiger charge is 2.05. The van der Waals surface area contributed by atoms with Crippen LogP contribution in [0.4, 0.5) is 0 Å². The van der Waals surface area contributed by atoms with Crippen molar-refractivity contribution in [2.24, 2.45) is 0 Å². The van der Waals surface area contributed by atoms with E-state index in [9.17, 15) is 5.11 Å². The highest BCUT2D eigenvalue weighted by molar-refractivity contribution is 7.18.